The molecular formula is C15H22N2O. The lowest BCUT2D eigenvalue weighted by molar-refractivity contribution is 0.0268. The van der Waals surface area contributed by atoms with Crippen LogP contribution in [-0.2, 0) is 4.74 Å². The number of benzene rings is 1. The normalized spacial score (nSPS) is 26.1. The summed E-state index contributed by atoms with van der Waals surface area (Å²) in [5.74, 6) is 0.702. The van der Waals surface area contributed by atoms with E-state index in [1.165, 1.54) is 24.0 Å². The van der Waals surface area contributed by atoms with Crippen LogP contribution in [0.5, 0.6) is 0 Å². The zero-order valence-corrected chi connectivity index (χ0v) is 10.8. The van der Waals surface area contributed by atoms with Crippen molar-refractivity contribution in [3.63, 3.8) is 0 Å². The van der Waals surface area contributed by atoms with E-state index in [-0.39, 0.29) is 6.10 Å². The van der Waals surface area contributed by atoms with Gasteiger partial charge in [0, 0.05) is 13.1 Å². The Kier molecular flexibility index (Phi) is 3.93. The van der Waals surface area contributed by atoms with Crippen LogP contribution >= 0.6 is 0 Å². The minimum atomic E-state index is 0.241. The first-order valence-electron chi connectivity index (χ1n) is 7.07. The van der Waals surface area contributed by atoms with E-state index in [0.717, 1.165) is 32.8 Å². The summed E-state index contributed by atoms with van der Waals surface area (Å²) in [7, 11) is 0. The summed E-state index contributed by atoms with van der Waals surface area (Å²) < 4.78 is 5.92. The Morgan fingerprint density at radius 3 is 2.44 bits per heavy atom. The second-order valence-electron chi connectivity index (χ2n) is 5.22. The van der Waals surface area contributed by atoms with Crippen LogP contribution in [0.25, 0.3) is 0 Å². The average molecular weight is 246 g/mol. The zero-order valence-electron chi connectivity index (χ0n) is 10.8. The van der Waals surface area contributed by atoms with Crippen molar-refractivity contribution in [1.29, 1.82) is 0 Å². The van der Waals surface area contributed by atoms with Crippen molar-refractivity contribution >= 4 is 0 Å². The molecule has 1 aromatic rings. The monoisotopic (exact) mass is 246 g/mol. The van der Waals surface area contributed by atoms with Crippen LogP contribution in [0, 0.1) is 0 Å². The molecule has 2 N–H and O–H groups in total. The van der Waals surface area contributed by atoms with Crippen LogP contribution in [0.3, 0.4) is 0 Å². The van der Waals surface area contributed by atoms with Crippen molar-refractivity contribution in [2.75, 3.05) is 32.8 Å². The minimum Gasteiger partial charge on any atom is -0.371 e. The quantitative estimate of drug-likeness (QED) is 0.835. The highest BCUT2D eigenvalue weighted by Gasteiger charge is 2.23. The van der Waals surface area contributed by atoms with E-state index in [1.807, 2.05) is 0 Å². The van der Waals surface area contributed by atoms with E-state index in [1.54, 1.807) is 0 Å². The zero-order chi connectivity index (χ0) is 12.2. The summed E-state index contributed by atoms with van der Waals surface area (Å²) in [6, 6.07) is 8.84. The van der Waals surface area contributed by atoms with Gasteiger partial charge in [-0.25, -0.2) is 0 Å². The van der Waals surface area contributed by atoms with Gasteiger partial charge in [-0.2, -0.15) is 0 Å². The first-order chi connectivity index (χ1) is 8.95. The van der Waals surface area contributed by atoms with Gasteiger partial charge in [-0.1, -0.05) is 24.3 Å². The van der Waals surface area contributed by atoms with Crippen LogP contribution in [0.4, 0.5) is 0 Å². The lowest BCUT2D eigenvalue weighted by Crippen LogP contribution is -2.34. The van der Waals surface area contributed by atoms with E-state index >= 15 is 0 Å². The Labute approximate surface area is 109 Å². The molecule has 0 saturated carbocycles. The van der Waals surface area contributed by atoms with E-state index in [9.17, 15) is 0 Å². The average Bonchev–Trinajstić information content (AvgIpc) is 2.49. The van der Waals surface area contributed by atoms with Crippen molar-refractivity contribution in [3.8, 4) is 0 Å². The van der Waals surface area contributed by atoms with Gasteiger partial charge in [0.2, 0.25) is 0 Å². The molecule has 3 heteroatoms. The molecule has 98 valence electrons. The van der Waals surface area contributed by atoms with Gasteiger partial charge in [-0.05, 0) is 43.0 Å². The highest BCUT2D eigenvalue weighted by Crippen LogP contribution is 2.32. The Morgan fingerprint density at radius 1 is 0.944 bits per heavy atom. The smallest absolute Gasteiger partial charge is 0.0952 e. The van der Waals surface area contributed by atoms with Crippen molar-refractivity contribution in [3.05, 3.63) is 35.4 Å². The van der Waals surface area contributed by atoms with Crippen molar-refractivity contribution in [2.45, 2.75) is 24.9 Å². The second kappa shape index (κ2) is 5.83. The van der Waals surface area contributed by atoms with E-state index in [0.29, 0.717) is 5.92 Å². The third kappa shape index (κ3) is 2.58. The van der Waals surface area contributed by atoms with Crippen molar-refractivity contribution in [1.82, 2.24) is 10.6 Å². The molecule has 2 heterocycles. The Morgan fingerprint density at radius 2 is 1.72 bits per heavy atom. The van der Waals surface area contributed by atoms with Crippen LogP contribution in [0.15, 0.2) is 24.3 Å². The fraction of sp³-hybridized carbons (Fsp3) is 0.600. The summed E-state index contributed by atoms with van der Waals surface area (Å²) in [6.07, 6.45) is 2.73. The SMILES string of the molecule is c1ccc(C2CNCCO2)c(C2CCNCC2)c1. The molecule has 0 amide bonds. The lowest BCUT2D eigenvalue weighted by Gasteiger charge is -2.30. The maximum atomic E-state index is 5.92. The maximum absolute atomic E-state index is 5.92. The standard InChI is InChI=1S/C15H22N2O/c1-2-4-14(15-11-17-9-10-18-15)13(3-1)12-5-7-16-8-6-12/h1-4,12,15-17H,5-11H2. The molecule has 2 saturated heterocycles. The topological polar surface area (TPSA) is 33.3 Å². The van der Waals surface area contributed by atoms with Gasteiger partial charge in [0.1, 0.15) is 0 Å². The van der Waals surface area contributed by atoms with Crippen LogP contribution in [0.1, 0.15) is 36.0 Å². The van der Waals surface area contributed by atoms with Crippen LogP contribution < -0.4 is 10.6 Å². The van der Waals surface area contributed by atoms with Gasteiger partial charge in [-0.15, -0.1) is 0 Å². The number of rotatable bonds is 2. The number of ether oxygens (including phenoxy) is 1. The molecule has 18 heavy (non-hydrogen) atoms. The van der Waals surface area contributed by atoms with E-state index in [4.69, 9.17) is 4.74 Å². The van der Waals surface area contributed by atoms with Crippen LogP contribution in [-0.4, -0.2) is 32.8 Å². The molecule has 2 aliphatic heterocycles. The predicted octanol–water partition coefficient (Wildman–Crippen LogP) is 1.81. The molecule has 0 radical (unpaired) electrons. The Balaban J connectivity index is 1.83. The predicted molar refractivity (Wildman–Crippen MR) is 72.8 cm³/mol. The minimum absolute atomic E-state index is 0.241. The number of morpholine rings is 1. The Hall–Kier alpha value is -0.900. The molecule has 1 unspecified atom stereocenters. The van der Waals surface area contributed by atoms with Crippen molar-refractivity contribution in [2.24, 2.45) is 0 Å². The number of hydrogen-bond donors (Lipinski definition) is 2. The highest BCUT2D eigenvalue weighted by molar-refractivity contribution is 5.33. The van der Waals surface area contributed by atoms with Crippen LogP contribution in [0.2, 0.25) is 0 Å². The first-order valence-corrected chi connectivity index (χ1v) is 7.07. The highest BCUT2D eigenvalue weighted by atomic mass is 16.5. The summed E-state index contributed by atoms with van der Waals surface area (Å²) in [5.41, 5.74) is 2.91. The van der Waals surface area contributed by atoms with E-state index in [2.05, 4.69) is 34.9 Å². The summed E-state index contributed by atoms with van der Waals surface area (Å²) in [6.45, 7) is 5.03. The van der Waals surface area contributed by atoms with Gasteiger partial charge in [0.15, 0.2) is 0 Å². The van der Waals surface area contributed by atoms with Gasteiger partial charge >= 0.3 is 0 Å². The third-order valence-corrected chi connectivity index (χ3v) is 4.05. The molecule has 1 aromatic carbocycles. The molecule has 3 nitrogen and oxygen atoms in total. The largest absolute Gasteiger partial charge is 0.371 e. The summed E-state index contributed by atoms with van der Waals surface area (Å²) in [4.78, 5) is 0. The second-order valence-corrected chi connectivity index (χ2v) is 5.22. The van der Waals surface area contributed by atoms with Gasteiger partial charge < -0.3 is 15.4 Å². The fourth-order valence-corrected chi connectivity index (χ4v) is 3.07. The molecule has 2 aliphatic rings. The Bertz CT molecular complexity index is 345. The third-order valence-electron chi connectivity index (χ3n) is 4.05. The molecular weight excluding hydrogens is 224 g/mol. The number of piperidine rings is 1. The summed E-state index contributed by atoms with van der Waals surface area (Å²) in [5, 5.41) is 6.87. The molecule has 2 fully saturated rings. The molecule has 1 atom stereocenters. The van der Waals surface area contributed by atoms with Crippen molar-refractivity contribution < 1.29 is 4.74 Å². The molecule has 0 spiro atoms. The number of hydrogen-bond acceptors (Lipinski definition) is 3. The van der Waals surface area contributed by atoms with Gasteiger partial charge in [0.05, 0.1) is 12.7 Å². The molecule has 3 rings (SSSR count). The fourth-order valence-electron chi connectivity index (χ4n) is 3.07. The van der Waals surface area contributed by atoms with Gasteiger partial charge in [-0.3, -0.25) is 0 Å². The lowest BCUT2D eigenvalue weighted by atomic mass is 9.85. The number of nitrogens with one attached hydrogen (secondary N) is 2. The molecule has 0 aromatic heterocycles. The van der Waals surface area contributed by atoms with E-state index < -0.39 is 0 Å². The molecule has 0 aliphatic carbocycles. The van der Waals surface area contributed by atoms with Gasteiger partial charge in [0.25, 0.3) is 0 Å². The summed E-state index contributed by atoms with van der Waals surface area (Å²) >= 11 is 0. The maximum Gasteiger partial charge on any atom is 0.0952 e. The molecule has 0 bridgehead atoms. The first kappa shape index (κ1) is 12.2.